The molecule has 0 radical (unpaired) electrons. The molecule has 1 aliphatic heterocycles. The predicted molar refractivity (Wildman–Crippen MR) is 52.7 cm³/mol. The van der Waals surface area contributed by atoms with Gasteiger partial charge < -0.3 is 15.4 Å². The number of nitrogens with two attached hydrogens (primary N) is 1. The van der Waals surface area contributed by atoms with Crippen LogP contribution in [0.15, 0.2) is 0 Å². The molecule has 1 atom stereocenters. The lowest BCUT2D eigenvalue weighted by Crippen LogP contribution is -2.61. The summed E-state index contributed by atoms with van der Waals surface area (Å²) >= 11 is 0. The average molecular weight is 198 g/mol. The van der Waals surface area contributed by atoms with Gasteiger partial charge >= 0.3 is 0 Å². The number of carbonyl (C=O) groups excluding carboxylic acids is 1. The third kappa shape index (κ3) is 2.45. The molecule has 4 nitrogen and oxygen atoms in total. The van der Waals surface area contributed by atoms with Crippen LogP contribution in [0.5, 0.6) is 0 Å². The first-order valence-electron chi connectivity index (χ1n) is 5.39. The van der Waals surface area contributed by atoms with Crippen LogP contribution in [0.1, 0.15) is 19.3 Å². The van der Waals surface area contributed by atoms with Gasteiger partial charge in [0.05, 0.1) is 0 Å². The summed E-state index contributed by atoms with van der Waals surface area (Å²) in [5.41, 5.74) is 5.47. The van der Waals surface area contributed by atoms with Gasteiger partial charge in [0.1, 0.15) is 6.04 Å². The van der Waals surface area contributed by atoms with E-state index in [0.29, 0.717) is 0 Å². The van der Waals surface area contributed by atoms with Crippen molar-refractivity contribution in [3.8, 4) is 0 Å². The SMILES string of the molecule is NC1CN(CCCOCC2CC2)C1=O. The Bertz CT molecular complexity index is 216. The second kappa shape index (κ2) is 4.28. The minimum atomic E-state index is -0.234. The van der Waals surface area contributed by atoms with E-state index in [1.165, 1.54) is 12.8 Å². The minimum absolute atomic E-state index is 0.0900. The van der Waals surface area contributed by atoms with Gasteiger partial charge in [-0.3, -0.25) is 4.79 Å². The monoisotopic (exact) mass is 198 g/mol. The molecule has 0 aromatic rings. The first-order valence-corrected chi connectivity index (χ1v) is 5.39. The lowest BCUT2D eigenvalue weighted by atomic mass is 10.1. The van der Waals surface area contributed by atoms with E-state index in [2.05, 4.69) is 0 Å². The second-order valence-electron chi connectivity index (χ2n) is 4.26. The molecule has 1 amide bonds. The number of carbonyl (C=O) groups is 1. The fraction of sp³-hybridized carbons (Fsp3) is 0.900. The molecule has 0 spiro atoms. The van der Waals surface area contributed by atoms with Crippen molar-refractivity contribution in [3.05, 3.63) is 0 Å². The second-order valence-corrected chi connectivity index (χ2v) is 4.26. The Morgan fingerprint density at radius 2 is 2.29 bits per heavy atom. The fourth-order valence-corrected chi connectivity index (χ4v) is 1.62. The van der Waals surface area contributed by atoms with Crippen molar-refractivity contribution in [2.45, 2.75) is 25.3 Å². The van der Waals surface area contributed by atoms with Crippen LogP contribution in [0.3, 0.4) is 0 Å². The number of amides is 1. The largest absolute Gasteiger partial charge is 0.381 e. The first kappa shape index (κ1) is 9.93. The predicted octanol–water partition coefficient (Wildman–Crippen LogP) is -0.0274. The maximum Gasteiger partial charge on any atom is 0.241 e. The van der Waals surface area contributed by atoms with Gasteiger partial charge in [0, 0.05) is 26.3 Å². The van der Waals surface area contributed by atoms with Crippen molar-refractivity contribution in [3.63, 3.8) is 0 Å². The molecule has 1 saturated carbocycles. The van der Waals surface area contributed by atoms with Crippen LogP contribution in [0.2, 0.25) is 0 Å². The Kier molecular flexibility index (Phi) is 3.03. The van der Waals surface area contributed by atoms with Crippen molar-refractivity contribution < 1.29 is 9.53 Å². The molecule has 1 heterocycles. The van der Waals surface area contributed by atoms with Crippen LogP contribution >= 0.6 is 0 Å². The molecule has 2 fully saturated rings. The maximum atomic E-state index is 11.1. The number of ether oxygens (including phenoxy) is 1. The number of β-lactam (4-membered cyclic amide) rings is 1. The Balaban J connectivity index is 1.44. The molecule has 4 heteroatoms. The van der Waals surface area contributed by atoms with Crippen molar-refractivity contribution in [1.82, 2.24) is 4.90 Å². The molecule has 14 heavy (non-hydrogen) atoms. The highest BCUT2D eigenvalue weighted by atomic mass is 16.5. The van der Waals surface area contributed by atoms with E-state index >= 15 is 0 Å². The number of nitrogens with zero attached hydrogens (tertiary/aromatic N) is 1. The molecule has 1 aliphatic carbocycles. The topological polar surface area (TPSA) is 55.6 Å². The average Bonchev–Trinajstić information content (AvgIpc) is 2.99. The zero-order chi connectivity index (χ0) is 9.97. The Hall–Kier alpha value is -0.610. The summed E-state index contributed by atoms with van der Waals surface area (Å²) in [7, 11) is 0. The number of likely N-dealkylation sites (tertiary alicyclic amines) is 1. The minimum Gasteiger partial charge on any atom is -0.381 e. The fourth-order valence-electron chi connectivity index (χ4n) is 1.62. The Labute approximate surface area is 84.4 Å². The van der Waals surface area contributed by atoms with Crippen LogP contribution in [-0.4, -0.2) is 43.2 Å². The van der Waals surface area contributed by atoms with Crippen molar-refractivity contribution in [2.24, 2.45) is 11.7 Å². The molecule has 0 bridgehead atoms. The maximum absolute atomic E-state index is 11.1. The van der Waals surface area contributed by atoms with Gasteiger partial charge in [-0.25, -0.2) is 0 Å². The van der Waals surface area contributed by atoms with Crippen LogP contribution < -0.4 is 5.73 Å². The van der Waals surface area contributed by atoms with Crippen LogP contribution in [0.25, 0.3) is 0 Å². The zero-order valence-electron chi connectivity index (χ0n) is 8.45. The summed E-state index contributed by atoms with van der Waals surface area (Å²) < 4.78 is 5.47. The van der Waals surface area contributed by atoms with Crippen molar-refractivity contribution in [1.29, 1.82) is 0 Å². The van der Waals surface area contributed by atoms with Gasteiger partial charge in [-0.05, 0) is 25.2 Å². The van der Waals surface area contributed by atoms with Crippen LogP contribution in [0.4, 0.5) is 0 Å². The van der Waals surface area contributed by atoms with E-state index < -0.39 is 0 Å². The Morgan fingerprint density at radius 3 is 2.86 bits per heavy atom. The van der Waals surface area contributed by atoms with E-state index in [9.17, 15) is 4.79 Å². The molecule has 0 aromatic heterocycles. The Morgan fingerprint density at radius 1 is 1.50 bits per heavy atom. The van der Waals surface area contributed by atoms with E-state index in [0.717, 1.165) is 38.6 Å². The molecular formula is C10H18N2O2. The zero-order valence-corrected chi connectivity index (χ0v) is 8.45. The van der Waals surface area contributed by atoms with Crippen LogP contribution in [0, 0.1) is 5.92 Å². The summed E-state index contributed by atoms with van der Waals surface area (Å²) in [6.07, 6.45) is 3.60. The highest BCUT2D eigenvalue weighted by molar-refractivity contribution is 5.87. The van der Waals surface area contributed by atoms with E-state index in [1.807, 2.05) is 0 Å². The number of rotatable bonds is 6. The summed E-state index contributed by atoms with van der Waals surface area (Å²) in [5, 5.41) is 0. The van der Waals surface area contributed by atoms with Crippen molar-refractivity contribution in [2.75, 3.05) is 26.3 Å². The van der Waals surface area contributed by atoms with Gasteiger partial charge in [0.15, 0.2) is 0 Å². The van der Waals surface area contributed by atoms with E-state index in [4.69, 9.17) is 10.5 Å². The summed E-state index contributed by atoms with van der Waals surface area (Å²) in [6, 6.07) is -0.234. The molecule has 2 aliphatic rings. The summed E-state index contributed by atoms with van der Waals surface area (Å²) in [6.45, 7) is 3.21. The highest BCUT2D eigenvalue weighted by Gasteiger charge is 2.32. The number of hydrogen-bond acceptors (Lipinski definition) is 3. The molecule has 1 unspecified atom stereocenters. The summed E-state index contributed by atoms with van der Waals surface area (Å²) in [4.78, 5) is 12.9. The lowest BCUT2D eigenvalue weighted by molar-refractivity contribution is -0.142. The first-order chi connectivity index (χ1) is 6.77. The summed E-state index contributed by atoms with van der Waals surface area (Å²) in [5.74, 6) is 0.918. The quantitative estimate of drug-likeness (QED) is 0.482. The highest BCUT2D eigenvalue weighted by Crippen LogP contribution is 2.28. The van der Waals surface area contributed by atoms with E-state index in [1.54, 1.807) is 4.90 Å². The van der Waals surface area contributed by atoms with Gasteiger partial charge in [-0.1, -0.05) is 0 Å². The van der Waals surface area contributed by atoms with Crippen molar-refractivity contribution >= 4 is 5.91 Å². The molecule has 80 valence electrons. The standard InChI is InChI=1S/C10H18N2O2/c11-9-6-12(10(9)13)4-1-5-14-7-8-2-3-8/h8-9H,1-7,11H2. The molecule has 2 N–H and O–H groups in total. The molecule has 1 saturated heterocycles. The smallest absolute Gasteiger partial charge is 0.241 e. The normalized spacial score (nSPS) is 26.5. The van der Waals surface area contributed by atoms with Crippen LogP contribution in [-0.2, 0) is 9.53 Å². The molecular weight excluding hydrogens is 180 g/mol. The third-order valence-electron chi connectivity index (χ3n) is 2.81. The molecule has 2 rings (SSSR count). The lowest BCUT2D eigenvalue weighted by Gasteiger charge is -2.36. The third-order valence-corrected chi connectivity index (χ3v) is 2.81. The number of hydrogen-bond donors (Lipinski definition) is 1. The van der Waals surface area contributed by atoms with E-state index in [-0.39, 0.29) is 11.9 Å². The van der Waals surface area contributed by atoms with Gasteiger partial charge in [0.25, 0.3) is 0 Å². The van der Waals surface area contributed by atoms with Gasteiger partial charge in [0.2, 0.25) is 5.91 Å². The van der Waals surface area contributed by atoms with Gasteiger partial charge in [-0.2, -0.15) is 0 Å². The van der Waals surface area contributed by atoms with Gasteiger partial charge in [-0.15, -0.1) is 0 Å². The molecule has 0 aromatic carbocycles.